The Morgan fingerprint density at radius 1 is 1.29 bits per heavy atom. The molecule has 5 nitrogen and oxygen atoms in total. The Kier molecular flexibility index (Phi) is 3.27. The van der Waals surface area contributed by atoms with Crippen LogP contribution < -0.4 is 9.64 Å². The zero-order chi connectivity index (χ0) is 12.3. The van der Waals surface area contributed by atoms with Crippen LogP contribution >= 0.6 is 0 Å². The van der Waals surface area contributed by atoms with Crippen LogP contribution in [0.15, 0.2) is 24.3 Å². The van der Waals surface area contributed by atoms with E-state index in [4.69, 9.17) is 4.74 Å². The molecule has 1 heterocycles. The molecule has 0 N–H and O–H groups in total. The van der Waals surface area contributed by atoms with Crippen molar-refractivity contribution >= 4 is 17.6 Å². The third-order valence-electron chi connectivity index (χ3n) is 2.36. The SMILES string of the molecule is CCOc1cccc(N2CC(=O)OC(=O)C2)c1. The highest BCUT2D eigenvalue weighted by Gasteiger charge is 2.24. The van der Waals surface area contributed by atoms with Crippen LogP contribution in [0.1, 0.15) is 6.92 Å². The summed E-state index contributed by atoms with van der Waals surface area (Å²) in [6, 6.07) is 7.28. The topological polar surface area (TPSA) is 55.8 Å². The summed E-state index contributed by atoms with van der Waals surface area (Å²) in [5, 5.41) is 0. The smallest absolute Gasteiger partial charge is 0.333 e. The quantitative estimate of drug-likeness (QED) is 0.577. The van der Waals surface area contributed by atoms with Gasteiger partial charge in [0.15, 0.2) is 0 Å². The molecule has 0 spiro atoms. The molecule has 0 aliphatic carbocycles. The summed E-state index contributed by atoms with van der Waals surface area (Å²) in [5.41, 5.74) is 0.779. The molecule has 1 aromatic rings. The van der Waals surface area contributed by atoms with E-state index in [2.05, 4.69) is 4.74 Å². The highest BCUT2D eigenvalue weighted by molar-refractivity contribution is 5.94. The average molecular weight is 235 g/mol. The summed E-state index contributed by atoms with van der Waals surface area (Å²) >= 11 is 0. The van der Waals surface area contributed by atoms with Crippen LogP contribution in [-0.4, -0.2) is 31.6 Å². The van der Waals surface area contributed by atoms with E-state index < -0.39 is 11.9 Å². The number of esters is 2. The van der Waals surface area contributed by atoms with Gasteiger partial charge in [0.2, 0.25) is 0 Å². The largest absolute Gasteiger partial charge is 0.494 e. The molecule has 0 aromatic heterocycles. The lowest BCUT2D eigenvalue weighted by Gasteiger charge is -2.26. The van der Waals surface area contributed by atoms with Crippen LogP contribution in [0.5, 0.6) is 5.75 Å². The summed E-state index contributed by atoms with van der Waals surface area (Å²) in [5.74, 6) is -0.331. The number of hydrogen-bond donors (Lipinski definition) is 0. The highest BCUT2D eigenvalue weighted by atomic mass is 16.6. The van der Waals surface area contributed by atoms with Gasteiger partial charge in [0.1, 0.15) is 18.8 Å². The molecule has 0 unspecified atom stereocenters. The third kappa shape index (κ3) is 2.75. The first-order valence-corrected chi connectivity index (χ1v) is 5.40. The Morgan fingerprint density at radius 3 is 2.65 bits per heavy atom. The fraction of sp³-hybridized carbons (Fsp3) is 0.333. The molecule has 17 heavy (non-hydrogen) atoms. The molecular weight excluding hydrogens is 222 g/mol. The van der Waals surface area contributed by atoms with Gasteiger partial charge in [0, 0.05) is 11.8 Å². The Bertz CT molecular complexity index is 428. The summed E-state index contributed by atoms with van der Waals surface area (Å²) in [6.07, 6.45) is 0. The Morgan fingerprint density at radius 2 is 2.00 bits per heavy atom. The summed E-state index contributed by atoms with van der Waals surface area (Å²) in [6.45, 7) is 2.64. The molecule has 1 aliphatic heterocycles. The molecule has 0 radical (unpaired) electrons. The molecule has 5 heteroatoms. The van der Waals surface area contributed by atoms with Gasteiger partial charge in [-0.3, -0.25) is 0 Å². The van der Waals surface area contributed by atoms with Crippen molar-refractivity contribution in [2.75, 3.05) is 24.6 Å². The molecule has 1 aliphatic rings. The Labute approximate surface area is 98.9 Å². The van der Waals surface area contributed by atoms with Crippen LogP contribution in [0.2, 0.25) is 0 Å². The van der Waals surface area contributed by atoms with E-state index in [1.807, 2.05) is 25.1 Å². The first kappa shape index (κ1) is 11.4. The molecule has 1 aromatic carbocycles. The van der Waals surface area contributed by atoms with E-state index >= 15 is 0 Å². The summed E-state index contributed by atoms with van der Waals surface area (Å²) in [7, 11) is 0. The third-order valence-corrected chi connectivity index (χ3v) is 2.36. The van der Waals surface area contributed by atoms with Crippen molar-refractivity contribution < 1.29 is 19.1 Å². The van der Waals surface area contributed by atoms with Crippen molar-refractivity contribution in [3.63, 3.8) is 0 Å². The maximum atomic E-state index is 11.2. The highest BCUT2D eigenvalue weighted by Crippen LogP contribution is 2.22. The van der Waals surface area contributed by atoms with Gasteiger partial charge in [-0.25, -0.2) is 9.59 Å². The molecule has 90 valence electrons. The van der Waals surface area contributed by atoms with Crippen LogP contribution in [0.4, 0.5) is 5.69 Å². The van der Waals surface area contributed by atoms with Crippen LogP contribution in [0.3, 0.4) is 0 Å². The van der Waals surface area contributed by atoms with Crippen LogP contribution in [0.25, 0.3) is 0 Å². The van der Waals surface area contributed by atoms with Gasteiger partial charge in [-0.05, 0) is 19.1 Å². The second-order valence-corrected chi connectivity index (χ2v) is 3.63. The van der Waals surface area contributed by atoms with Gasteiger partial charge in [-0.1, -0.05) is 6.07 Å². The standard InChI is InChI=1S/C12H13NO4/c1-2-16-10-5-3-4-9(6-10)13-7-11(14)17-12(15)8-13/h3-6H,2,7-8H2,1H3. The fourth-order valence-electron chi connectivity index (χ4n) is 1.68. The summed E-state index contributed by atoms with van der Waals surface area (Å²) < 4.78 is 9.83. The number of rotatable bonds is 3. The number of ether oxygens (including phenoxy) is 2. The van der Waals surface area contributed by atoms with Crippen molar-refractivity contribution in [1.29, 1.82) is 0 Å². The van der Waals surface area contributed by atoms with Gasteiger partial charge in [0.05, 0.1) is 6.61 Å². The van der Waals surface area contributed by atoms with Gasteiger partial charge >= 0.3 is 11.9 Å². The van der Waals surface area contributed by atoms with E-state index in [1.54, 1.807) is 11.0 Å². The van der Waals surface area contributed by atoms with Crippen molar-refractivity contribution in [3.05, 3.63) is 24.3 Å². The molecule has 1 fully saturated rings. The first-order valence-electron chi connectivity index (χ1n) is 5.40. The predicted molar refractivity (Wildman–Crippen MR) is 60.9 cm³/mol. The molecule has 0 saturated carbocycles. The lowest BCUT2D eigenvalue weighted by molar-refractivity contribution is -0.160. The van der Waals surface area contributed by atoms with Gasteiger partial charge in [0.25, 0.3) is 0 Å². The number of hydrogen-bond acceptors (Lipinski definition) is 5. The van der Waals surface area contributed by atoms with E-state index in [-0.39, 0.29) is 13.1 Å². The molecular formula is C12H13NO4. The van der Waals surface area contributed by atoms with E-state index in [0.717, 1.165) is 11.4 Å². The average Bonchev–Trinajstić information content (AvgIpc) is 2.28. The van der Waals surface area contributed by atoms with Crippen LogP contribution in [-0.2, 0) is 14.3 Å². The van der Waals surface area contributed by atoms with Crippen molar-refractivity contribution in [3.8, 4) is 5.75 Å². The van der Waals surface area contributed by atoms with Crippen LogP contribution in [0, 0.1) is 0 Å². The molecule has 0 atom stereocenters. The fourth-order valence-corrected chi connectivity index (χ4v) is 1.68. The minimum absolute atomic E-state index is 0.0846. The first-order chi connectivity index (χ1) is 8.19. The van der Waals surface area contributed by atoms with Gasteiger partial charge in [-0.2, -0.15) is 0 Å². The lowest BCUT2D eigenvalue weighted by atomic mass is 10.2. The second kappa shape index (κ2) is 4.86. The van der Waals surface area contributed by atoms with Crippen molar-refractivity contribution in [2.45, 2.75) is 6.92 Å². The number of morpholine rings is 1. The molecule has 2 rings (SSSR count). The minimum atomic E-state index is -0.525. The summed E-state index contributed by atoms with van der Waals surface area (Å²) in [4.78, 5) is 24.0. The van der Waals surface area contributed by atoms with Crippen molar-refractivity contribution in [1.82, 2.24) is 0 Å². The maximum Gasteiger partial charge on any atom is 0.333 e. The zero-order valence-electron chi connectivity index (χ0n) is 9.51. The monoisotopic (exact) mass is 235 g/mol. The number of cyclic esters (lactones) is 2. The van der Waals surface area contributed by atoms with E-state index in [1.165, 1.54) is 0 Å². The normalized spacial score (nSPS) is 15.7. The molecule has 0 bridgehead atoms. The second-order valence-electron chi connectivity index (χ2n) is 3.63. The minimum Gasteiger partial charge on any atom is -0.494 e. The number of carbonyl (C=O) groups is 2. The molecule has 1 saturated heterocycles. The Balaban J connectivity index is 2.18. The zero-order valence-corrected chi connectivity index (χ0v) is 9.51. The van der Waals surface area contributed by atoms with Crippen molar-refractivity contribution in [2.24, 2.45) is 0 Å². The maximum absolute atomic E-state index is 11.2. The van der Waals surface area contributed by atoms with E-state index in [9.17, 15) is 9.59 Å². The number of carbonyl (C=O) groups excluding carboxylic acids is 2. The number of anilines is 1. The molecule has 0 amide bonds. The number of benzene rings is 1. The lowest BCUT2D eigenvalue weighted by Crippen LogP contribution is -2.42. The number of nitrogens with zero attached hydrogens (tertiary/aromatic N) is 1. The van der Waals surface area contributed by atoms with Gasteiger partial charge in [-0.15, -0.1) is 0 Å². The van der Waals surface area contributed by atoms with E-state index in [0.29, 0.717) is 6.61 Å². The Hall–Kier alpha value is -2.04. The van der Waals surface area contributed by atoms with Gasteiger partial charge < -0.3 is 14.4 Å². The predicted octanol–water partition coefficient (Wildman–Crippen LogP) is 0.975.